The molecule has 1 N–H and O–H groups in total. The summed E-state index contributed by atoms with van der Waals surface area (Å²) in [5.41, 5.74) is 2.46. The molecule has 0 bridgehead atoms. The molecule has 1 heterocycles. The van der Waals surface area contributed by atoms with Gasteiger partial charge in [-0.15, -0.1) is 0 Å². The Morgan fingerprint density at radius 2 is 1.82 bits per heavy atom. The highest BCUT2D eigenvalue weighted by atomic mass is 35.5. The third-order valence-corrected chi connectivity index (χ3v) is 6.04. The second kappa shape index (κ2) is 8.41. The van der Waals surface area contributed by atoms with Gasteiger partial charge in [0, 0.05) is 47.7 Å². The molecule has 0 spiro atoms. The van der Waals surface area contributed by atoms with Crippen molar-refractivity contribution in [2.75, 3.05) is 20.1 Å². The van der Waals surface area contributed by atoms with E-state index in [9.17, 15) is 14.7 Å². The van der Waals surface area contributed by atoms with Crippen LogP contribution in [0.25, 0.3) is 0 Å². The minimum atomic E-state index is -0.944. The molecule has 2 aromatic carbocycles. The summed E-state index contributed by atoms with van der Waals surface area (Å²) >= 11 is 12.1. The maximum absolute atomic E-state index is 13.0. The first kappa shape index (κ1) is 20.5. The molecule has 3 rings (SSSR count). The van der Waals surface area contributed by atoms with Crippen LogP contribution >= 0.6 is 23.2 Å². The number of hydrogen-bond donors (Lipinski definition) is 1. The first-order valence-electron chi connectivity index (χ1n) is 9.04. The highest BCUT2D eigenvalue weighted by Crippen LogP contribution is 2.33. The van der Waals surface area contributed by atoms with E-state index in [2.05, 4.69) is 0 Å². The first-order valence-corrected chi connectivity index (χ1v) is 9.80. The van der Waals surface area contributed by atoms with Crippen molar-refractivity contribution in [2.24, 2.45) is 0 Å². The van der Waals surface area contributed by atoms with E-state index in [0.29, 0.717) is 35.1 Å². The molecular formula is C21H22Cl2N2O3. The third kappa shape index (κ3) is 4.26. The number of piperidine rings is 1. The van der Waals surface area contributed by atoms with Crippen molar-refractivity contribution in [3.8, 4) is 0 Å². The van der Waals surface area contributed by atoms with Crippen LogP contribution in [0.1, 0.15) is 33.8 Å². The molecule has 0 unspecified atom stereocenters. The lowest BCUT2D eigenvalue weighted by atomic mass is 9.84. The maximum Gasteiger partial charge on any atom is 0.407 e. The molecule has 2 amide bonds. The minimum Gasteiger partial charge on any atom is -0.465 e. The molecule has 1 saturated heterocycles. The van der Waals surface area contributed by atoms with Gasteiger partial charge in [0.15, 0.2) is 0 Å². The summed E-state index contributed by atoms with van der Waals surface area (Å²) < 4.78 is 0. The predicted octanol–water partition coefficient (Wildman–Crippen LogP) is 4.91. The smallest absolute Gasteiger partial charge is 0.407 e. The molecule has 148 valence electrons. The fourth-order valence-electron chi connectivity index (χ4n) is 3.75. The third-order valence-electron chi connectivity index (χ3n) is 5.37. The lowest BCUT2D eigenvalue weighted by molar-refractivity contribution is 0.0591. The zero-order chi connectivity index (χ0) is 20.4. The van der Waals surface area contributed by atoms with Gasteiger partial charge in [-0.05, 0) is 54.8 Å². The number of carbonyl (C=O) groups is 2. The van der Waals surface area contributed by atoms with Gasteiger partial charge in [0.1, 0.15) is 0 Å². The van der Waals surface area contributed by atoms with Crippen LogP contribution in [-0.2, 0) is 0 Å². The number of aryl methyl sites for hydroxylation is 1. The maximum atomic E-state index is 13.0. The summed E-state index contributed by atoms with van der Waals surface area (Å²) in [4.78, 5) is 27.7. The Labute approximate surface area is 174 Å². The highest BCUT2D eigenvalue weighted by Gasteiger charge is 2.36. The molecule has 0 saturated carbocycles. The minimum absolute atomic E-state index is 0.110. The van der Waals surface area contributed by atoms with Crippen LogP contribution in [0.3, 0.4) is 0 Å². The molecule has 1 fully saturated rings. The summed E-state index contributed by atoms with van der Waals surface area (Å²) in [6.45, 7) is 2.64. The van der Waals surface area contributed by atoms with Crippen LogP contribution < -0.4 is 0 Å². The van der Waals surface area contributed by atoms with Gasteiger partial charge in [0.05, 0.1) is 0 Å². The van der Waals surface area contributed by atoms with Crippen molar-refractivity contribution >= 4 is 35.2 Å². The van der Waals surface area contributed by atoms with Gasteiger partial charge in [-0.1, -0.05) is 35.3 Å². The summed E-state index contributed by atoms with van der Waals surface area (Å²) in [7, 11) is 1.77. The van der Waals surface area contributed by atoms with E-state index in [0.717, 1.165) is 11.1 Å². The summed E-state index contributed by atoms with van der Waals surface area (Å²) in [5.74, 6) is -0.247. The summed E-state index contributed by atoms with van der Waals surface area (Å²) in [6, 6.07) is 12.4. The van der Waals surface area contributed by atoms with Gasteiger partial charge in [-0.2, -0.15) is 0 Å². The van der Waals surface area contributed by atoms with Gasteiger partial charge in [-0.25, -0.2) is 4.79 Å². The second-order valence-corrected chi connectivity index (χ2v) is 7.97. The topological polar surface area (TPSA) is 60.9 Å². The Morgan fingerprint density at radius 3 is 2.43 bits per heavy atom. The number of carboxylic acid groups (broad SMARTS) is 1. The van der Waals surface area contributed by atoms with E-state index in [4.69, 9.17) is 23.2 Å². The van der Waals surface area contributed by atoms with E-state index in [1.54, 1.807) is 36.2 Å². The molecule has 28 heavy (non-hydrogen) atoms. The number of rotatable bonds is 3. The number of benzene rings is 2. The molecule has 0 radical (unpaired) electrons. The van der Waals surface area contributed by atoms with Gasteiger partial charge < -0.3 is 14.9 Å². The normalized spacial score (nSPS) is 19.4. The molecule has 2 aromatic rings. The Bertz CT molecular complexity index is 886. The van der Waals surface area contributed by atoms with Gasteiger partial charge >= 0.3 is 6.09 Å². The van der Waals surface area contributed by atoms with Gasteiger partial charge in [0.2, 0.25) is 0 Å². The van der Waals surface area contributed by atoms with Crippen molar-refractivity contribution < 1.29 is 14.7 Å². The quantitative estimate of drug-likeness (QED) is 0.766. The molecule has 1 aliphatic heterocycles. The van der Waals surface area contributed by atoms with E-state index < -0.39 is 6.09 Å². The van der Waals surface area contributed by atoms with E-state index in [1.807, 2.05) is 25.1 Å². The zero-order valence-corrected chi connectivity index (χ0v) is 17.2. The lowest BCUT2D eigenvalue weighted by Crippen LogP contribution is -2.51. The van der Waals surface area contributed by atoms with Crippen LogP contribution in [0.5, 0.6) is 0 Å². The summed E-state index contributed by atoms with van der Waals surface area (Å²) in [6.07, 6.45) is -0.380. The average molecular weight is 421 g/mol. The standard InChI is InChI=1S/C21H22Cl2N2O3/c1-13-11-15(5-8-18(13)23)17-12-25(21(27)28)10-9-19(17)24(2)20(26)14-3-6-16(22)7-4-14/h3-8,11,17,19H,9-10,12H2,1-2H3,(H,27,28)/t17-,19+/m0/s1. The largest absolute Gasteiger partial charge is 0.465 e. The Balaban J connectivity index is 1.91. The molecule has 7 heteroatoms. The molecule has 0 aliphatic carbocycles. The van der Waals surface area contributed by atoms with Crippen LogP contribution in [0, 0.1) is 6.92 Å². The molecule has 2 atom stereocenters. The van der Waals surface area contributed by atoms with Gasteiger partial charge in [-0.3, -0.25) is 4.79 Å². The monoisotopic (exact) mass is 420 g/mol. The molecule has 1 aliphatic rings. The number of halogens is 2. The van der Waals surface area contributed by atoms with Crippen LogP contribution in [-0.4, -0.2) is 53.1 Å². The molecular weight excluding hydrogens is 399 g/mol. The van der Waals surface area contributed by atoms with Crippen LogP contribution in [0.15, 0.2) is 42.5 Å². The van der Waals surface area contributed by atoms with Crippen LogP contribution in [0.2, 0.25) is 10.0 Å². The lowest BCUT2D eigenvalue weighted by Gasteiger charge is -2.42. The Hall–Kier alpha value is -2.24. The number of likely N-dealkylation sites (N-methyl/N-ethyl adjacent to an activating group) is 1. The number of nitrogens with zero attached hydrogens (tertiary/aromatic N) is 2. The highest BCUT2D eigenvalue weighted by molar-refractivity contribution is 6.31. The summed E-state index contributed by atoms with van der Waals surface area (Å²) in [5, 5.41) is 10.7. The number of hydrogen-bond acceptors (Lipinski definition) is 2. The fourth-order valence-corrected chi connectivity index (χ4v) is 3.99. The number of likely N-dealkylation sites (tertiary alicyclic amines) is 1. The predicted molar refractivity (Wildman–Crippen MR) is 110 cm³/mol. The van der Waals surface area contributed by atoms with Crippen molar-refractivity contribution in [1.29, 1.82) is 0 Å². The van der Waals surface area contributed by atoms with E-state index >= 15 is 0 Å². The molecule has 0 aromatic heterocycles. The Morgan fingerprint density at radius 1 is 1.14 bits per heavy atom. The first-order chi connectivity index (χ1) is 13.3. The van der Waals surface area contributed by atoms with Crippen LogP contribution in [0.4, 0.5) is 4.79 Å². The van der Waals surface area contributed by atoms with E-state index in [-0.39, 0.29) is 17.9 Å². The van der Waals surface area contributed by atoms with Crippen molar-refractivity contribution in [2.45, 2.75) is 25.3 Å². The number of carbonyl (C=O) groups excluding carboxylic acids is 1. The number of amides is 2. The van der Waals surface area contributed by atoms with Crippen molar-refractivity contribution in [3.63, 3.8) is 0 Å². The molecule has 5 nitrogen and oxygen atoms in total. The fraction of sp³-hybridized carbons (Fsp3) is 0.333. The SMILES string of the molecule is Cc1cc([C@@H]2CN(C(=O)O)CC[C@H]2N(C)C(=O)c2ccc(Cl)cc2)ccc1Cl. The average Bonchev–Trinajstić information content (AvgIpc) is 2.69. The zero-order valence-electron chi connectivity index (χ0n) is 15.7. The van der Waals surface area contributed by atoms with E-state index in [1.165, 1.54) is 4.90 Å². The van der Waals surface area contributed by atoms with Crippen molar-refractivity contribution in [3.05, 3.63) is 69.2 Å². The van der Waals surface area contributed by atoms with Gasteiger partial charge in [0.25, 0.3) is 5.91 Å². The second-order valence-electron chi connectivity index (χ2n) is 7.12. The Kier molecular flexibility index (Phi) is 6.16. The van der Waals surface area contributed by atoms with Crippen molar-refractivity contribution in [1.82, 2.24) is 9.80 Å².